The van der Waals surface area contributed by atoms with Crippen LogP contribution >= 0.6 is 0 Å². The van der Waals surface area contributed by atoms with Crippen LogP contribution in [0.4, 0.5) is 0 Å². The van der Waals surface area contributed by atoms with Crippen LogP contribution < -0.4 is 5.32 Å². The molecule has 6 nitrogen and oxygen atoms in total. The molecule has 2 atom stereocenters. The van der Waals surface area contributed by atoms with E-state index in [1.807, 2.05) is 77.3 Å². The normalized spacial score (nSPS) is 18.3. The van der Waals surface area contributed by atoms with Crippen LogP contribution in [-0.4, -0.2) is 56.8 Å². The molecular weight excluding hydrogens is 410 g/mol. The predicted octanol–water partition coefficient (Wildman–Crippen LogP) is 3.18. The Balaban J connectivity index is 1.79. The molecule has 1 fully saturated rings. The third kappa shape index (κ3) is 5.00. The highest BCUT2D eigenvalue weighted by Gasteiger charge is 2.40. The largest absolute Gasteiger partial charge is 0.353 e. The minimum Gasteiger partial charge on any atom is -0.353 e. The molecule has 1 heterocycles. The van der Waals surface area contributed by atoms with E-state index in [0.29, 0.717) is 30.8 Å². The van der Waals surface area contributed by atoms with Gasteiger partial charge in [0.1, 0.15) is 6.04 Å². The molecule has 2 aromatic carbocycles. The van der Waals surface area contributed by atoms with Gasteiger partial charge in [-0.15, -0.1) is 0 Å². The van der Waals surface area contributed by atoms with Gasteiger partial charge in [-0.2, -0.15) is 4.31 Å². The lowest BCUT2D eigenvalue weighted by Crippen LogP contribution is -2.47. The third-order valence-corrected chi connectivity index (χ3v) is 8.17. The number of carbonyl (C=O) groups excluding carboxylic acids is 1. The van der Waals surface area contributed by atoms with Gasteiger partial charge >= 0.3 is 0 Å². The highest BCUT2D eigenvalue weighted by atomic mass is 32.2. The fourth-order valence-corrected chi connectivity index (χ4v) is 6.64. The molecule has 1 aliphatic heterocycles. The standard InChI is InChI=1S/C24H33N3O3S/c1-17-14-18(2)23(19(3)15-17)31(29,30)27-13-9-12-21(27)24(28)25-16-22(26(4)5)20-10-7-6-8-11-20/h6-8,10-11,14-15,21-22H,9,12-13,16H2,1-5H3,(H,25,28). The summed E-state index contributed by atoms with van der Waals surface area (Å²) in [5, 5.41) is 3.01. The highest BCUT2D eigenvalue weighted by Crippen LogP contribution is 2.31. The van der Waals surface area contributed by atoms with Crippen LogP contribution in [0.25, 0.3) is 0 Å². The van der Waals surface area contributed by atoms with Crippen LogP contribution in [0.3, 0.4) is 0 Å². The molecule has 2 unspecified atom stereocenters. The molecule has 0 saturated carbocycles. The fraction of sp³-hybridized carbons (Fsp3) is 0.458. The Morgan fingerprint density at radius 2 is 1.74 bits per heavy atom. The van der Waals surface area contributed by atoms with Gasteiger partial charge in [-0.25, -0.2) is 8.42 Å². The summed E-state index contributed by atoms with van der Waals surface area (Å²) in [6.45, 7) is 6.38. The van der Waals surface area contributed by atoms with Gasteiger partial charge in [0.25, 0.3) is 0 Å². The van der Waals surface area contributed by atoms with Gasteiger partial charge in [-0.3, -0.25) is 4.79 Å². The van der Waals surface area contributed by atoms with Gasteiger partial charge in [0, 0.05) is 13.1 Å². The van der Waals surface area contributed by atoms with E-state index >= 15 is 0 Å². The molecule has 0 radical (unpaired) electrons. The lowest BCUT2D eigenvalue weighted by Gasteiger charge is -2.28. The summed E-state index contributed by atoms with van der Waals surface area (Å²) in [6.07, 6.45) is 1.21. The second kappa shape index (κ2) is 9.51. The maximum atomic E-state index is 13.5. The predicted molar refractivity (Wildman–Crippen MR) is 123 cm³/mol. The molecule has 1 amide bonds. The topological polar surface area (TPSA) is 69.7 Å². The fourth-order valence-electron chi connectivity index (χ4n) is 4.57. The zero-order valence-corrected chi connectivity index (χ0v) is 19.9. The van der Waals surface area contributed by atoms with Crippen LogP contribution in [0.5, 0.6) is 0 Å². The first-order chi connectivity index (χ1) is 14.6. The number of hydrogen-bond donors (Lipinski definition) is 1. The Hall–Kier alpha value is -2.22. The molecule has 0 aliphatic carbocycles. The maximum absolute atomic E-state index is 13.5. The van der Waals surface area contributed by atoms with Crippen LogP contribution in [0, 0.1) is 20.8 Å². The Morgan fingerprint density at radius 3 is 2.32 bits per heavy atom. The molecule has 2 aromatic rings. The lowest BCUT2D eigenvalue weighted by molar-refractivity contribution is -0.124. The number of amides is 1. The summed E-state index contributed by atoms with van der Waals surface area (Å²) in [4.78, 5) is 15.5. The van der Waals surface area contributed by atoms with Gasteiger partial charge in [0.15, 0.2) is 0 Å². The van der Waals surface area contributed by atoms with Crippen LogP contribution in [0.15, 0.2) is 47.4 Å². The number of sulfonamides is 1. The van der Waals surface area contributed by atoms with Gasteiger partial charge in [-0.05, 0) is 64.4 Å². The van der Waals surface area contributed by atoms with Crippen molar-refractivity contribution in [2.45, 2.75) is 50.6 Å². The third-order valence-electron chi connectivity index (χ3n) is 5.96. The van der Waals surface area contributed by atoms with E-state index in [1.165, 1.54) is 4.31 Å². The van der Waals surface area contributed by atoms with E-state index in [2.05, 4.69) is 10.2 Å². The van der Waals surface area contributed by atoms with E-state index in [-0.39, 0.29) is 11.9 Å². The average Bonchev–Trinajstić information content (AvgIpc) is 3.18. The van der Waals surface area contributed by atoms with Gasteiger partial charge in [0.05, 0.1) is 10.9 Å². The van der Waals surface area contributed by atoms with Crippen molar-refractivity contribution in [1.29, 1.82) is 0 Å². The minimum absolute atomic E-state index is 0.0122. The summed E-state index contributed by atoms with van der Waals surface area (Å²) in [6, 6.07) is 13.1. The smallest absolute Gasteiger partial charge is 0.244 e. The number of nitrogens with one attached hydrogen (secondary N) is 1. The zero-order valence-electron chi connectivity index (χ0n) is 19.1. The van der Waals surface area contributed by atoms with Gasteiger partial charge in [0.2, 0.25) is 15.9 Å². The second-order valence-electron chi connectivity index (χ2n) is 8.64. The molecule has 0 aromatic heterocycles. The van der Waals surface area contributed by atoms with Crippen LogP contribution in [-0.2, 0) is 14.8 Å². The molecule has 168 valence electrons. The maximum Gasteiger partial charge on any atom is 0.244 e. The molecule has 3 rings (SSSR count). The quantitative estimate of drug-likeness (QED) is 0.714. The van der Waals surface area contributed by atoms with Crippen molar-refractivity contribution in [2.75, 3.05) is 27.2 Å². The number of rotatable bonds is 7. The van der Waals surface area contributed by atoms with Crippen LogP contribution in [0.1, 0.15) is 41.1 Å². The van der Waals surface area contributed by atoms with Gasteiger partial charge in [-0.1, -0.05) is 48.0 Å². The summed E-state index contributed by atoms with van der Waals surface area (Å²) in [5.74, 6) is -0.230. The van der Waals surface area contributed by atoms with E-state index in [9.17, 15) is 13.2 Å². The Bertz CT molecular complexity index is 1010. The summed E-state index contributed by atoms with van der Waals surface area (Å²) in [7, 11) is 0.187. The molecular formula is C24H33N3O3S. The first-order valence-electron chi connectivity index (χ1n) is 10.7. The number of nitrogens with zero attached hydrogens (tertiary/aromatic N) is 2. The van der Waals surface area contributed by atoms with E-state index in [0.717, 1.165) is 22.3 Å². The molecule has 1 N–H and O–H groups in total. The number of aryl methyl sites for hydroxylation is 3. The number of likely N-dealkylation sites (N-methyl/N-ethyl adjacent to an activating group) is 1. The Labute approximate surface area is 186 Å². The Morgan fingerprint density at radius 1 is 1.13 bits per heavy atom. The van der Waals surface area contributed by atoms with E-state index in [1.54, 1.807) is 0 Å². The summed E-state index contributed by atoms with van der Waals surface area (Å²) >= 11 is 0. The van der Waals surface area contributed by atoms with Gasteiger partial charge < -0.3 is 10.2 Å². The first-order valence-corrected chi connectivity index (χ1v) is 12.2. The number of carbonyl (C=O) groups is 1. The summed E-state index contributed by atoms with van der Waals surface area (Å²) < 4.78 is 28.4. The van der Waals surface area contributed by atoms with Crippen molar-refractivity contribution in [3.8, 4) is 0 Å². The molecule has 31 heavy (non-hydrogen) atoms. The average molecular weight is 444 g/mol. The molecule has 0 spiro atoms. The monoisotopic (exact) mass is 443 g/mol. The molecule has 7 heteroatoms. The van der Waals surface area contributed by atoms with Crippen molar-refractivity contribution < 1.29 is 13.2 Å². The molecule has 1 aliphatic rings. The van der Waals surface area contributed by atoms with E-state index in [4.69, 9.17) is 0 Å². The number of benzene rings is 2. The lowest BCUT2D eigenvalue weighted by atomic mass is 10.1. The van der Waals surface area contributed by atoms with Crippen LogP contribution in [0.2, 0.25) is 0 Å². The SMILES string of the molecule is Cc1cc(C)c(S(=O)(=O)N2CCCC2C(=O)NCC(c2ccccc2)N(C)C)c(C)c1. The Kier molecular flexibility index (Phi) is 7.19. The minimum atomic E-state index is -3.76. The first kappa shape index (κ1) is 23.4. The second-order valence-corrected chi connectivity index (χ2v) is 10.5. The van der Waals surface area contributed by atoms with E-state index < -0.39 is 16.1 Å². The van der Waals surface area contributed by atoms with Crippen molar-refractivity contribution in [2.24, 2.45) is 0 Å². The van der Waals surface area contributed by atoms with Crippen molar-refractivity contribution in [3.05, 3.63) is 64.7 Å². The van der Waals surface area contributed by atoms with Crippen molar-refractivity contribution in [3.63, 3.8) is 0 Å². The number of hydrogen-bond acceptors (Lipinski definition) is 4. The van der Waals surface area contributed by atoms with Crippen molar-refractivity contribution >= 4 is 15.9 Å². The highest BCUT2D eigenvalue weighted by molar-refractivity contribution is 7.89. The molecule has 0 bridgehead atoms. The zero-order chi connectivity index (χ0) is 22.8. The summed E-state index contributed by atoms with van der Waals surface area (Å²) in [5.41, 5.74) is 3.58. The van der Waals surface area contributed by atoms with Crippen molar-refractivity contribution in [1.82, 2.24) is 14.5 Å². The molecule has 1 saturated heterocycles.